The maximum absolute atomic E-state index is 11.7. The number of halogens is 1. The van der Waals surface area contributed by atoms with Crippen molar-refractivity contribution in [3.8, 4) is 5.75 Å². The van der Waals surface area contributed by atoms with Crippen molar-refractivity contribution in [3.05, 3.63) is 29.3 Å². The number of rotatable bonds is 6. The van der Waals surface area contributed by atoms with Crippen LogP contribution in [0.2, 0.25) is 5.02 Å². The van der Waals surface area contributed by atoms with Crippen LogP contribution in [0.4, 0.5) is 0 Å². The molecule has 0 aliphatic heterocycles. The van der Waals surface area contributed by atoms with E-state index in [2.05, 4.69) is 5.32 Å². The van der Waals surface area contributed by atoms with Gasteiger partial charge in [-0.15, -0.1) is 0 Å². The van der Waals surface area contributed by atoms with Crippen LogP contribution in [0, 0.1) is 0 Å². The zero-order chi connectivity index (χ0) is 15.2. The van der Waals surface area contributed by atoms with Crippen LogP contribution in [0.15, 0.2) is 24.3 Å². The third-order valence-corrected chi connectivity index (χ3v) is 2.81. The molecule has 0 spiro atoms. The Labute approximate surface area is 126 Å². The Morgan fingerprint density at radius 2 is 2.00 bits per heavy atom. The third kappa shape index (κ3) is 6.78. The number of hydrogen-bond acceptors (Lipinski definition) is 3. The Bertz CT molecular complexity index is 444. The van der Waals surface area contributed by atoms with E-state index in [1.165, 1.54) is 0 Å². The largest absolute Gasteiger partial charge is 0.491 e. The van der Waals surface area contributed by atoms with Crippen molar-refractivity contribution < 1.29 is 9.53 Å². The third-order valence-electron chi connectivity index (χ3n) is 2.50. The summed E-state index contributed by atoms with van der Waals surface area (Å²) in [5, 5.41) is 3.52. The molecule has 20 heavy (non-hydrogen) atoms. The molecule has 1 aromatic rings. The van der Waals surface area contributed by atoms with Crippen LogP contribution in [0.5, 0.6) is 5.75 Å². The van der Waals surface area contributed by atoms with Crippen molar-refractivity contribution in [1.82, 2.24) is 10.2 Å². The Kier molecular flexibility index (Phi) is 6.30. The first-order valence-electron chi connectivity index (χ1n) is 6.65. The highest BCUT2D eigenvalue weighted by Crippen LogP contribution is 2.22. The lowest BCUT2D eigenvalue weighted by Gasteiger charge is -2.23. The van der Waals surface area contributed by atoms with Gasteiger partial charge in [-0.05, 0) is 40.0 Å². The topological polar surface area (TPSA) is 41.6 Å². The molecule has 0 aliphatic rings. The first-order chi connectivity index (χ1) is 9.28. The summed E-state index contributed by atoms with van der Waals surface area (Å²) in [4.78, 5) is 13.7. The summed E-state index contributed by atoms with van der Waals surface area (Å²) >= 11 is 5.99. The summed E-state index contributed by atoms with van der Waals surface area (Å²) in [5.41, 5.74) is -0.202. The molecule has 0 unspecified atom stereocenters. The van der Waals surface area contributed by atoms with Crippen molar-refractivity contribution in [2.24, 2.45) is 0 Å². The van der Waals surface area contributed by atoms with E-state index in [4.69, 9.17) is 16.3 Å². The molecule has 0 bridgehead atoms. The van der Waals surface area contributed by atoms with Crippen molar-refractivity contribution in [2.75, 3.05) is 26.7 Å². The standard InChI is InChI=1S/C15H23ClN2O2/c1-15(2,3)17-14(19)11-18(4)9-10-20-13-8-6-5-7-12(13)16/h5-8H,9-11H2,1-4H3,(H,17,19). The predicted octanol–water partition coefficient (Wildman–Crippen LogP) is 2.57. The van der Waals surface area contributed by atoms with E-state index in [-0.39, 0.29) is 11.4 Å². The summed E-state index contributed by atoms with van der Waals surface area (Å²) < 4.78 is 5.58. The van der Waals surface area contributed by atoms with Gasteiger partial charge in [-0.1, -0.05) is 23.7 Å². The van der Waals surface area contributed by atoms with Crippen LogP contribution in [0.1, 0.15) is 20.8 Å². The molecular formula is C15H23ClN2O2. The van der Waals surface area contributed by atoms with E-state index in [0.29, 0.717) is 30.5 Å². The summed E-state index contributed by atoms with van der Waals surface area (Å²) in [6.07, 6.45) is 0. The van der Waals surface area contributed by atoms with Gasteiger partial charge in [0.1, 0.15) is 12.4 Å². The van der Waals surface area contributed by atoms with Crippen molar-refractivity contribution >= 4 is 17.5 Å². The second-order valence-electron chi connectivity index (χ2n) is 5.81. The molecule has 1 N–H and O–H groups in total. The lowest BCUT2D eigenvalue weighted by atomic mass is 10.1. The molecule has 0 saturated heterocycles. The van der Waals surface area contributed by atoms with E-state index < -0.39 is 0 Å². The fraction of sp³-hybridized carbons (Fsp3) is 0.533. The number of amides is 1. The fourth-order valence-electron chi connectivity index (χ4n) is 1.66. The smallest absolute Gasteiger partial charge is 0.234 e. The highest BCUT2D eigenvalue weighted by atomic mass is 35.5. The Morgan fingerprint density at radius 3 is 2.60 bits per heavy atom. The molecular weight excluding hydrogens is 276 g/mol. The molecule has 1 amide bonds. The number of carbonyl (C=O) groups is 1. The molecule has 1 rings (SSSR count). The van der Waals surface area contributed by atoms with E-state index in [9.17, 15) is 4.79 Å². The number of ether oxygens (including phenoxy) is 1. The van der Waals surface area contributed by atoms with Crippen molar-refractivity contribution in [3.63, 3.8) is 0 Å². The van der Waals surface area contributed by atoms with Crippen LogP contribution in [-0.2, 0) is 4.79 Å². The van der Waals surface area contributed by atoms with Crippen molar-refractivity contribution in [2.45, 2.75) is 26.3 Å². The zero-order valence-electron chi connectivity index (χ0n) is 12.6. The van der Waals surface area contributed by atoms with Gasteiger partial charge in [-0.3, -0.25) is 9.69 Å². The van der Waals surface area contributed by atoms with Crippen LogP contribution in [0.3, 0.4) is 0 Å². The van der Waals surface area contributed by atoms with E-state index in [0.717, 1.165) is 0 Å². The number of hydrogen-bond donors (Lipinski definition) is 1. The number of benzene rings is 1. The molecule has 0 fully saturated rings. The van der Waals surface area contributed by atoms with Gasteiger partial charge in [0, 0.05) is 12.1 Å². The summed E-state index contributed by atoms with van der Waals surface area (Å²) in [6.45, 7) is 7.39. The highest BCUT2D eigenvalue weighted by molar-refractivity contribution is 6.32. The molecule has 0 aromatic heterocycles. The maximum Gasteiger partial charge on any atom is 0.234 e. The second-order valence-corrected chi connectivity index (χ2v) is 6.22. The van der Waals surface area contributed by atoms with Gasteiger partial charge in [-0.2, -0.15) is 0 Å². The SMILES string of the molecule is CN(CCOc1ccccc1Cl)CC(=O)NC(C)(C)C. The normalized spacial score (nSPS) is 11.5. The number of nitrogens with one attached hydrogen (secondary N) is 1. The van der Waals surface area contributed by atoms with Crippen LogP contribution in [-0.4, -0.2) is 43.1 Å². The molecule has 0 aliphatic carbocycles. The Morgan fingerprint density at radius 1 is 1.35 bits per heavy atom. The quantitative estimate of drug-likeness (QED) is 0.877. The van der Waals surface area contributed by atoms with Gasteiger partial charge in [0.05, 0.1) is 11.6 Å². The van der Waals surface area contributed by atoms with Crippen LogP contribution >= 0.6 is 11.6 Å². The zero-order valence-corrected chi connectivity index (χ0v) is 13.3. The Hall–Kier alpha value is -1.26. The summed E-state index contributed by atoms with van der Waals surface area (Å²) in [5.74, 6) is 0.680. The molecule has 4 nitrogen and oxygen atoms in total. The van der Waals surface area contributed by atoms with E-state index in [1.54, 1.807) is 6.07 Å². The summed E-state index contributed by atoms with van der Waals surface area (Å²) in [6, 6.07) is 7.35. The number of carbonyl (C=O) groups excluding carboxylic acids is 1. The first kappa shape index (κ1) is 16.8. The summed E-state index contributed by atoms with van der Waals surface area (Å²) in [7, 11) is 1.89. The number of para-hydroxylation sites is 1. The maximum atomic E-state index is 11.7. The minimum atomic E-state index is -0.202. The highest BCUT2D eigenvalue weighted by Gasteiger charge is 2.14. The van der Waals surface area contributed by atoms with Gasteiger partial charge >= 0.3 is 0 Å². The molecule has 0 radical (unpaired) electrons. The lowest BCUT2D eigenvalue weighted by molar-refractivity contribution is -0.123. The van der Waals surface area contributed by atoms with Crippen LogP contribution < -0.4 is 10.1 Å². The average molecular weight is 299 g/mol. The van der Waals surface area contributed by atoms with E-state index >= 15 is 0 Å². The Balaban J connectivity index is 2.28. The number of likely N-dealkylation sites (N-methyl/N-ethyl adjacent to an activating group) is 1. The van der Waals surface area contributed by atoms with Gasteiger partial charge in [0.15, 0.2) is 0 Å². The van der Waals surface area contributed by atoms with Crippen LogP contribution in [0.25, 0.3) is 0 Å². The monoisotopic (exact) mass is 298 g/mol. The molecule has 0 saturated carbocycles. The van der Waals surface area contributed by atoms with Crippen molar-refractivity contribution in [1.29, 1.82) is 0 Å². The first-order valence-corrected chi connectivity index (χ1v) is 7.02. The minimum absolute atomic E-state index is 0.0118. The second kappa shape index (κ2) is 7.50. The average Bonchev–Trinajstić information content (AvgIpc) is 2.28. The van der Waals surface area contributed by atoms with Gasteiger partial charge in [0.25, 0.3) is 0 Å². The molecule has 0 heterocycles. The lowest BCUT2D eigenvalue weighted by Crippen LogP contribution is -2.45. The predicted molar refractivity (Wildman–Crippen MR) is 82.3 cm³/mol. The molecule has 0 atom stereocenters. The van der Waals surface area contributed by atoms with Gasteiger partial charge < -0.3 is 10.1 Å². The molecule has 5 heteroatoms. The minimum Gasteiger partial charge on any atom is -0.491 e. The molecule has 1 aromatic carbocycles. The van der Waals surface area contributed by atoms with E-state index in [1.807, 2.05) is 50.9 Å². The van der Waals surface area contributed by atoms with Gasteiger partial charge in [-0.25, -0.2) is 0 Å². The number of nitrogens with zero attached hydrogens (tertiary/aromatic N) is 1. The molecule has 112 valence electrons. The van der Waals surface area contributed by atoms with Gasteiger partial charge in [0.2, 0.25) is 5.91 Å². The fourth-order valence-corrected chi connectivity index (χ4v) is 1.85.